The molecule has 0 saturated carbocycles. The van der Waals surface area contributed by atoms with E-state index in [1.54, 1.807) is 24.3 Å². The van der Waals surface area contributed by atoms with Crippen molar-refractivity contribution < 1.29 is 4.79 Å². The monoisotopic (exact) mass is 271 g/mol. The van der Waals surface area contributed by atoms with Crippen molar-refractivity contribution in [3.63, 3.8) is 0 Å². The highest BCUT2D eigenvalue weighted by Crippen LogP contribution is 2.02. The maximum absolute atomic E-state index is 12.1. The van der Waals surface area contributed by atoms with E-state index in [2.05, 4.69) is 16.3 Å². The maximum atomic E-state index is 12.1. The van der Waals surface area contributed by atoms with Crippen LogP contribution in [0.15, 0.2) is 33.9 Å². The number of carbonyl (C=O) groups excluding carboxylic acids is 1. The molecule has 0 radical (unpaired) electrons. The number of benzene rings is 1. The first kappa shape index (κ1) is 13.6. The number of H-pyrrole nitrogens is 1. The number of aromatic amines is 1. The Bertz CT molecular complexity index is 796. The minimum absolute atomic E-state index is 0.0653. The molecule has 0 atom stereocenters. The molecular formula is C14H13N3O3. The third kappa shape index (κ3) is 2.78. The van der Waals surface area contributed by atoms with Crippen LogP contribution in [0, 0.1) is 12.3 Å². The van der Waals surface area contributed by atoms with Gasteiger partial charge in [0.05, 0.1) is 23.9 Å². The smallest absolute Gasteiger partial charge is 0.273 e. The number of aryl methyl sites for hydroxylation is 1. The van der Waals surface area contributed by atoms with Crippen molar-refractivity contribution in [2.45, 2.75) is 13.0 Å². The molecule has 0 fully saturated rings. The molecule has 0 saturated heterocycles. The van der Waals surface area contributed by atoms with E-state index >= 15 is 0 Å². The number of nitrogens with one attached hydrogen (secondary N) is 2. The van der Waals surface area contributed by atoms with Crippen LogP contribution in [0.4, 0.5) is 0 Å². The van der Waals surface area contributed by atoms with Crippen LogP contribution in [0.1, 0.15) is 6.42 Å². The molecule has 2 N–H and O–H groups in total. The van der Waals surface area contributed by atoms with Gasteiger partial charge in [-0.15, -0.1) is 6.42 Å². The lowest BCUT2D eigenvalue weighted by molar-refractivity contribution is -0.121. The molecule has 0 unspecified atom stereocenters. The number of carbonyl (C=O) groups is 1. The summed E-state index contributed by atoms with van der Waals surface area (Å²) in [7, 11) is 0. The topological polar surface area (TPSA) is 84.0 Å². The summed E-state index contributed by atoms with van der Waals surface area (Å²) in [6.45, 7) is 0.233. The van der Waals surface area contributed by atoms with E-state index in [1.165, 1.54) is 0 Å². The SMILES string of the molecule is C#CCNC(=O)CCn1[nH]c(=O)c2ccccc2c1=O. The summed E-state index contributed by atoms with van der Waals surface area (Å²) < 4.78 is 1.14. The molecule has 102 valence electrons. The number of hydrogen-bond acceptors (Lipinski definition) is 3. The summed E-state index contributed by atoms with van der Waals surface area (Å²) in [5.74, 6) is 2.01. The number of amides is 1. The average molecular weight is 271 g/mol. The fourth-order valence-electron chi connectivity index (χ4n) is 1.86. The van der Waals surface area contributed by atoms with Gasteiger partial charge in [0.25, 0.3) is 11.1 Å². The summed E-state index contributed by atoms with van der Waals surface area (Å²) in [4.78, 5) is 35.4. The van der Waals surface area contributed by atoms with Gasteiger partial charge < -0.3 is 5.32 Å². The molecule has 0 aliphatic rings. The number of terminal acetylenes is 1. The minimum atomic E-state index is -0.357. The zero-order valence-electron chi connectivity index (χ0n) is 10.7. The third-order valence-electron chi connectivity index (χ3n) is 2.83. The first-order valence-electron chi connectivity index (χ1n) is 6.05. The Morgan fingerprint density at radius 1 is 1.30 bits per heavy atom. The molecule has 0 aliphatic carbocycles. The molecule has 0 aliphatic heterocycles. The fraction of sp³-hybridized carbons (Fsp3) is 0.214. The van der Waals surface area contributed by atoms with Crippen LogP contribution in [0.5, 0.6) is 0 Å². The molecule has 1 aromatic carbocycles. The van der Waals surface area contributed by atoms with E-state index in [9.17, 15) is 14.4 Å². The quantitative estimate of drug-likeness (QED) is 0.757. The van der Waals surface area contributed by atoms with Gasteiger partial charge in [-0.2, -0.15) is 0 Å². The molecule has 2 aromatic rings. The highest BCUT2D eigenvalue weighted by Gasteiger charge is 2.07. The van der Waals surface area contributed by atoms with Crippen LogP contribution in [0.2, 0.25) is 0 Å². The van der Waals surface area contributed by atoms with Crippen molar-refractivity contribution in [3.8, 4) is 12.3 Å². The summed E-state index contributed by atoms with van der Waals surface area (Å²) in [5.41, 5.74) is -0.686. The normalized spacial score (nSPS) is 10.2. The highest BCUT2D eigenvalue weighted by atomic mass is 16.2. The minimum Gasteiger partial charge on any atom is -0.345 e. The molecule has 6 nitrogen and oxygen atoms in total. The Kier molecular flexibility index (Phi) is 4.01. The molecule has 1 amide bonds. The second kappa shape index (κ2) is 5.89. The summed E-state index contributed by atoms with van der Waals surface area (Å²) in [5, 5.41) is 5.62. The first-order valence-corrected chi connectivity index (χ1v) is 6.05. The molecule has 1 aromatic heterocycles. The van der Waals surface area contributed by atoms with Crippen molar-refractivity contribution in [2.75, 3.05) is 6.54 Å². The highest BCUT2D eigenvalue weighted by molar-refractivity contribution is 5.80. The van der Waals surface area contributed by atoms with Gasteiger partial charge >= 0.3 is 0 Å². The molecule has 6 heteroatoms. The van der Waals surface area contributed by atoms with Crippen LogP contribution in [0.3, 0.4) is 0 Å². The van der Waals surface area contributed by atoms with Gasteiger partial charge in [-0.1, -0.05) is 18.1 Å². The van der Waals surface area contributed by atoms with Gasteiger partial charge in [0.15, 0.2) is 0 Å². The Morgan fingerprint density at radius 3 is 2.70 bits per heavy atom. The summed E-state index contributed by atoms with van der Waals surface area (Å²) >= 11 is 0. The molecule has 1 heterocycles. The molecular weight excluding hydrogens is 258 g/mol. The Morgan fingerprint density at radius 2 is 2.00 bits per heavy atom. The van der Waals surface area contributed by atoms with Gasteiger partial charge in [-0.3, -0.25) is 19.5 Å². The average Bonchev–Trinajstić information content (AvgIpc) is 2.47. The summed E-state index contributed by atoms with van der Waals surface area (Å²) in [6, 6.07) is 6.54. The molecule has 2 rings (SSSR count). The van der Waals surface area contributed by atoms with Gasteiger partial charge in [0, 0.05) is 6.42 Å². The third-order valence-corrected chi connectivity index (χ3v) is 2.83. The van der Waals surface area contributed by atoms with Crippen LogP contribution in [0.25, 0.3) is 10.8 Å². The Hall–Kier alpha value is -2.81. The lowest BCUT2D eigenvalue weighted by atomic mass is 10.2. The van der Waals surface area contributed by atoms with E-state index < -0.39 is 0 Å². The van der Waals surface area contributed by atoms with E-state index in [1.807, 2.05) is 0 Å². The lowest BCUT2D eigenvalue weighted by Gasteiger charge is -2.06. The second-order valence-corrected chi connectivity index (χ2v) is 4.17. The van der Waals surface area contributed by atoms with Crippen LogP contribution in [-0.2, 0) is 11.3 Å². The molecule has 0 bridgehead atoms. The van der Waals surface area contributed by atoms with Crippen LogP contribution < -0.4 is 16.4 Å². The van der Waals surface area contributed by atoms with Gasteiger partial charge in [0.1, 0.15) is 0 Å². The van der Waals surface area contributed by atoms with Crippen molar-refractivity contribution in [1.29, 1.82) is 0 Å². The van der Waals surface area contributed by atoms with E-state index in [-0.39, 0.29) is 36.5 Å². The number of rotatable bonds is 4. The van der Waals surface area contributed by atoms with Crippen molar-refractivity contribution in [2.24, 2.45) is 0 Å². The van der Waals surface area contributed by atoms with E-state index in [4.69, 9.17) is 6.42 Å². The van der Waals surface area contributed by atoms with Crippen molar-refractivity contribution in [1.82, 2.24) is 15.1 Å². The van der Waals surface area contributed by atoms with Crippen molar-refractivity contribution >= 4 is 16.7 Å². The molecule has 20 heavy (non-hydrogen) atoms. The predicted molar refractivity (Wildman–Crippen MR) is 75.3 cm³/mol. The van der Waals surface area contributed by atoms with E-state index in [0.717, 1.165) is 4.68 Å². The number of aromatic nitrogens is 2. The lowest BCUT2D eigenvalue weighted by Crippen LogP contribution is -2.32. The standard InChI is InChI=1S/C14H13N3O3/c1-2-8-15-12(18)7-9-17-14(20)11-6-4-3-5-10(11)13(19)16-17/h1,3-6H,7-9H2,(H,15,18)(H,16,19). The van der Waals surface area contributed by atoms with Gasteiger partial charge in [-0.25, -0.2) is 4.68 Å². The van der Waals surface area contributed by atoms with Crippen molar-refractivity contribution in [3.05, 3.63) is 45.0 Å². The molecule has 0 spiro atoms. The largest absolute Gasteiger partial charge is 0.345 e. The van der Waals surface area contributed by atoms with Gasteiger partial charge in [-0.05, 0) is 12.1 Å². The number of nitrogens with zero attached hydrogens (tertiary/aromatic N) is 1. The second-order valence-electron chi connectivity index (χ2n) is 4.17. The van der Waals surface area contributed by atoms with Gasteiger partial charge in [0.2, 0.25) is 5.91 Å². The number of fused-ring (bicyclic) bond motifs is 1. The zero-order valence-corrected chi connectivity index (χ0v) is 10.7. The predicted octanol–water partition coefficient (Wildman–Crippen LogP) is -0.171. The summed E-state index contributed by atoms with van der Waals surface area (Å²) in [6.07, 6.45) is 5.09. The van der Waals surface area contributed by atoms with E-state index in [0.29, 0.717) is 10.8 Å². The fourth-order valence-corrected chi connectivity index (χ4v) is 1.86. The maximum Gasteiger partial charge on any atom is 0.273 e. The van der Waals surface area contributed by atoms with Crippen LogP contribution >= 0.6 is 0 Å². The zero-order chi connectivity index (χ0) is 14.5. The van der Waals surface area contributed by atoms with Crippen LogP contribution in [-0.4, -0.2) is 22.2 Å². The Labute approximate surface area is 114 Å². The Balaban J connectivity index is 2.26. The first-order chi connectivity index (χ1) is 9.63. The number of hydrogen-bond donors (Lipinski definition) is 2.